The Balaban J connectivity index is 1.51. The van der Waals surface area contributed by atoms with E-state index in [9.17, 15) is 18.8 Å². The third-order valence-electron chi connectivity index (χ3n) is 6.98. The summed E-state index contributed by atoms with van der Waals surface area (Å²) < 4.78 is 18.5. The van der Waals surface area contributed by atoms with Gasteiger partial charge in [0.05, 0.1) is 23.8 Å². The number of ketones is 1. The topological polar surface area (TPSA) is 96.2 Å². The molecule has 2 amide bonds. The maximum absolute atomic E-state index is 13.6. The number of morpholine rings is 1. The van der Waals surface area contributed by atoms with E-state index < -0.39 is 11.7 Å². The van der Waals surface area contributed by atoms with Gasteiger partial charge in [0.1, 0.15) is 5.82 Å². The molecule has 0 radical (unpaired) electrons. The lowest BCUT2D eigenvalue weighted by molar-refractivity contribution is -0.144. The fourth-order valence-corrected chi connectivity index (χ4v) is 5.15. The average Bonchev–Trinajstić information content (AvgIpc) is 2.91. The zero-order chi connectivity index (χ0) is 27.4. The Hall–Kier alpha value is -3.27. The lowest BCUT2D eigenvalue weighted by Crippen LogP contribution is -2.53. The molecule has 2 aromatic rings. The van der Waals surface area contributed by atoms with Crippen LogP contribution in [0.4, 0.5) is 10.1 Å². The van der Waals surface area contributed by atoms with E-state index in [1.54, 1.807) is 24.0 Å². The zero-order valence-electron chi connectivity index (χ0n) is 21.6. The van der Waals surface area contributed by atoms with Crippen LogP contribution in [0, 0.1) is 5.82 Å². The van der Waals surface area contributed by atoms with Gasteiger partial charge in [-0.15, -0.1) is 0 Å². The molecule has 1 unspecified atom stereocenters. The molecule has 2 aliphatic rings. The molecule has 0 aromatic heterocycles. The number of piperazine rings is 1. The Labute approximate surface area is 226 Å². The van der Waals surface area contributed by atoms with Crippen LogP contribution in [0.5, 0.6) is 0 Å². The van der Waals surface area contributed by atoms with Crippen LogP contribution >= 0.6 is 11.6 Å². The number of halogens is 2. The monoisotopic (exact) mass is 542 g/mol. The fraction of sp³-hybridized carbons (Fsp3) is 0.393. The highest BCUT2D eigenvalue weighted by Crippen LogP contribution is 2.31. The number of hydrogen-bond donors (Lipinski definition) is 1. The number of rotatable bonds is 6. The van der Waals surface area contributed by atoms with Gasteiger partial charge >= 0.3 is 0 Å². The quantitative estimate of drug-likeness (QED) is 0.342. The molecule has 0 bridgehead atoms. The van der Waals surface area contributed by atoms with Crippen LogP contribution in [0.3, 0.4) is 0 Å². The minimum Gasteiger partial charge on any atom is -0.398 e. The van der Waals surface area contributed by atoms with Gasteiger partial charge in [-0.05, 0) is 43.7 Å². The van der Waals surface area contributed by atoms with Crippen LogP contribution in [-0.2, 0) is 20.9 Å². The molecule has 1 atom stereocenters. The second-order valence-electron chi connectivity index (χ2n) is 9.56. The van der Waals surface area contributed by atoms with Gasteiger partial charge in [-0.1, -0.05) is 29.8 Å². The number of benzene rings is 2. The van der Waals surface area contributed by atoms with Crippen molar-refractivity contribution in [2.75, 3.05) is 51.7 Å². The molecule has 8 nitrogen and oxygen atoms in total. The average molecular weight is 543 g/mol. The number of Topliss-reactive ketones (excluding diaryl/α,β-unsaturated/α-hetero) is 1. The Bertz CT molecular complexity index is 1240. The molecular formula is C28H32ClFN4O4. The Kier molecular flexibility index (Phi) is 8.81. The molecule has 4 rings (SSSR count). The van der Waals surface area contributed by atoms with Gasteiger partial charge in [0.15, 0.2) is 0 Å². The standard InChI is InChI=1S/C28H32ClFN4O4/c1-3-21(26(35)28(37)33-10-12-38-13-11-33)22-14-23(24(29)15-25(22)31)27(36)34-9-8-32(16-18(34)2)17-19-4-6-20(30)7-5-19/h3-7,14-15,18H,8-13,16-17,31H2,1-2H3/b21-3+. The number of nitrogen functional groups attached to an aromatic ring is 1. The Morgan fingerprint density at radius 1 is 1.08 bits per heavy atom. The van der Waals surface area contributed by atoms with E-state index in [1.807, 2.05) is 6.92 Å². The smallest absolute Gasteiger partial charge is 0.295 e. The number of hydrogen-bond acceptors (Lipinski definition) is 6. The summed E-state index contributed by atoms with van der Waals surface area (Å²) in [6.07, 6.45) is 1.53. The van der Waals surface area contributed by atoms with Crippen molar-refractivity contribution in [1.82, 2.24) is 14.7 Å². The number of anilines is 1. The number of carbonyl (C=O) groups excluding carboxylic acids is 3. The summed E-state index contributed by atoms with van der Waals surface area (Å²) in [5.41, 5.74) is 8.07. The van der Waals surface area contributed by atoms with E-state index in [-0.39, 0.29) is 39.6 Å². The lowest BCUT2D eigenvalue weighted by atomic mass is 9.96. The number of carbonyl (C=O) groups is 3. The van der Waals surface area contributed by atoms with Gasteiger partial charge in [0, 0.05) is 62.1 Å². The summed E-state index contributed by atoms with van der Waals surface area (Å²) in [6.45, 7) is 7.45. The molecular weight excluding hydrogens is 511 g/mol. The maximum Gasteiger partial charge on any atom is 0.295 e. The Morgan fingerprint density at radius 2 is 1.76 bits per heavy atom. The molecule has 2 aliphatic heterocycles. The van der Waals surface area contributed by atoms with Crippen molar-refractivity contribution in [1.29, 1.82) is 0 Å². The molecule has 0 spiro atoms. The number of allylic oxidation sites excluding steroid dienone is 1. The first-order chi connectivity index (χ1) is 18.2. The molecule has 2 saturated heterocycles. The third-order valence-corrected chi connectivity index (χ3v) is 7.29. The second kappa shape index (κ2) is 12.1. The first-order valence-electron chi connectivity index (χ1n) is 12.6. The highest BCUT2D eigenvalue weighted by Gasteiger charge is 2.32. The van der Waals surface area contributed by atoms with Crippen molar-refractivity contribution in [3.8, 4) is 0 Å². The van der Waals surface area contributed by atoms with Gasteiger partial charge < -0.3 is 20.3 Å². The molecule has 10 heteroatoms. The van der Waals surface area contributed by atoms with Gasteiger partial charge in [0.25, 0.3) is 17.6 Å². The van der Waals surface area contributed by atoms with Crippen LogP contribution in [0.2, 0.25) is 5.02 Å². The summed E-state index contributed by atoms with van der Waals surface area (Å²) >= 11 is 6.46. The van der Waals surface area contributed by atoms with Crippen molar-refractivity contribution in [3.05, 3.63) is 70.0 Å². The summed E-state index contributed by atoms with van der Waals surface area (Å²) in [5.74, 6) is -1.86. The SMILES string of the molecule is C/C=C(/C(=O)C(=O)N1CCOCC1)c1cc(C(=O)N2CCN(Cc3ccc(F)cc3)CC2C)c(Cl)cc1N. The van der Waals surface area contributed by atoms with Crippen molar-refractivity contribution < 1.29 is 23.5 Å². The van der Waals surface area contributed by atoms with Crippen molar-refractivity contribution >= 4 is 40.5 Å². The normalized spacial score (nSPS) is 18.9. The van der Waals surface area contributed by atoms with Gasteiger partial charge in [-0.25, -0.2) is 4.39 Å². The number of nitrogens with zero attached hydrogens (tertiary/aromatic N) is 3. The molecule has 2 heterocycles. The predicted octanol–water partition coefficient (Wildman–Crippen LogP) is 3.24. The van der Waals surface area contributed by atoms with E-state index in [2.05, 4.69) is 4.90 Å². The molecule has 202 valence electrons. The highest BCUT2D eigenvalue weighted by molar-refractivity contribution is 6.53. The molecule has 0 saturated carbocycles. The summed E-state index contributed by atoms with van der Waals surface area (Å²) in [4.78, 5) is 45.0. The van der Waals surface area contributed by atoms with Crippen LogP contribution in [-0.4, -0.2) is 84.3 Å². The summed E-state index contributed by atoms with van der Waals surface area (Å²) in [7, 11) is 0. The van der Waals surface area contributed by atoms with Crippen molar-refractivity contribution in [3.63, 3.8) is 0 Å². The summed E-state index contributed by atoms with van der Waals surface area (Å²) in [5, 5.41) is 0.180. The minimum atomic E-state index is -0.690. The molecule has 38 heavy (non-hydrogen) atoms. The fourth-order valence-electron chi connectivity index (χ4n) is 4.90. The minimum absolute atomic E-state index is 0.112. The number of nitrogens with two attached hydrogens (primary N) is 1. The zero-order valence-corrected chi connectivity index (χ0v) is 22.3. The first kappa shape index (κ1) is 27.8. The van der Waals surface area contributed by atoms with E-state index in [1.165, 1.54) is 35.2 Å². The van der Waals surface area contributed by atoms with Crippen molar-refractivity contribution in [2.45, 2.75) is 26.4 Å². The first-order valence-corrected chi connectivity index (χ1v) is 13.0. The second-order valence-corrected chi connectivity index (χ2v) is 9.97. The van der Waals surface area contributed by atoms with E-state index in [4.69, 9.17) is 22.1 Å². The van der Waals surface area contributed by atoms with E-state index in [0.717, 1.165) is 5.56 Å². The van der Waals surface area contributed by atoms with Gasteiger partial charge in [0.2, 0.25) is 0 Å². The highest BCUT2D eigenvalue weighted by atomic mass is 35.5. The molecule has 2 N–H and O–H groups in total. The van der Waals surface area contributed by atoms with Gasteiger partial charge in [-0.3, -0.25) is 19.3 Å². The van der Waals surface area contributed by atoms with Crippen LogP contribution < -0.4 is 5.73 Å². The number of ether oxygens (including phenoxy) is 1. The summed E-state index contributed by atoms with van der Waals surface area (Å²) in [6, 6.07) is 9.26. The maximum atomic E-state index is 13.6. The Morgan fingerprint density at radius 3 is 2.39 bits per heavy atom. The third kappa shape index (κ3) is 6.06. The van der Waals surface area contributed by atoms with Crippen molar-refractivity contribution in [2.24, 2.45) is 0 Å². The van der Waals surface area contributed by atoms with Crippen LogP contribution in [0.1, 0.15) is 35.3 Å². The van der Waals surface area contributed by atoms with Gasteiger partial charge in [-0.2, -0.15) is 0 Å². The lowest BCUT2D eigenvalue weighted by Gasteiger charge is -2.40. The largest absolute Gasteiger partial charge is 0.398 e. The molecule has 0 aliphatic carbocycles. The van der Waals surface area contributed by atoms with E-state index >= 15 is 0 Å². The van der Waals surface area contributed by atoms with Crippen LogP contribution in [0.15, 0.2) is 42.5 Å². The van der Waals surface area contributed by atoms with E-state index in [0.29, 0.717) is 58.0 Å². The number of amides is 2. The molecule has 2 aromatic carbocycles. The predicted molar refractivity (Wildman–Crippen MR) is 144 cm³/mol. The molecule has 2 fully saturated rings. The van der Waals surface area contributed by atoms with Crippen LogP contribution in [0.25, 0.3) is 5.57 Å².